The monoisotopic (exact) mass is 345 g/mol. The van der Waals surface area contributed by atoms with Crippen LogP contribution in [0.5, 0.6) is 0 Å². The first-order chi connectivity index (χ1) is 9.66. The first-order valence-corrected chi connectivity index (χ1v) is 7.54. The summed E-state index contributed by atoms with van der Waals surface area (Å²) in [5.41, 5.74) is 8.17. The molecule has 2 unspecified atom stereocenters. The van der Waals surface area contributed by atoms with Crippen LogP contribution >= 0.6 is 24.8 Å². The molecule has 3 rings (SSSR count). The maximum atomic E-state index is 12.8. The zero-order valence-corrected chi connectivity index (χ0v) is 14.5. The summed E-state index contributed by atoms with van der Waals surface area (Å²) in [5.74, 6) is 0.377. The molecule has 0 aromatic heterocycles. The Bertz CT molecular complexity index is 512. The van der Waals surface area contributed by atoms with E-state index in [0.717, 1.165) is 50.1 Å². The number of hydrogen-bond donors (Lipinski definition) is 1. The van der Waals surface area contributed by atoms with E-state index < -0.39 is 0 Å². The van der Waals surface area contributed by atoms with E-state index >= 15 is 0 Å². The minimum Gasteiger partial charge on any atom is -0.373 e. The second kappa shape index (κ2) is 8.04. The number of rotatable bonds is 1. The molecule has 22 heavy (non-hydrogen) atoms. The molecule has 1 aromatic carbocycles. The van der Waals surface area contributed by atoms with E-state index in [0.29, 0.717) is 0 Å². The highest BCUT2D eigenvalue weighted by atomic mass is 35.5. The van der Waals surface area contributed by atoms with E-state index in [1.165, 1.54) is 0 Å². The summed E-state index contributed by atoms with van der Waals surface area (Å²) in [6.07, 6.45) is 3.77. The molecule has 0 bridgehead atoms. The number of benzene rings is 1. The van der Waals surface area contributed by atoms with Gasteiger partial charge in [0.2, 0.25) is 5.91 Å². The van der Waals surface area contributed by atoms with Gasteiger partial charge < -0.3 is 15.5 Å². The molecule has 1 aromatic rings. The summed E-state index contributed by atoms with van der Waals surface area (Å²) in [6.45, 7) is 1.80. The standard InChI is InChI=1S/C16H23N3O.2ClH/c1-18-9-4-10-19(15-6-3-2-5-14(15)18)16(20)12-7-8-13(17)11-12;;/h2-3,5-6,12-13H,4,7-11,17H2,1H3;2*1H. The van der Waals surface area contributed by atoms with Crippen molar-refractivity contribution in [1.29, 1.82) is 0 Å². The van der Waals surface area contributed by atoms with E-state index in [1.807, 2.05) is 17.0 Å². The molecule has 0 saturated heterocycles. The average molecular weight is 346 g/mol. The fourth-order valence-corrected chi connectivity index (χ4v) is 3.41. The third-order valence-corrected chi connectivity index (χ3v) is 4.55. The molecule has 1 saturated carbocycles. The van der Waals surface area contributed by atoms with Crippen LogP contribution in [0.25, 0.3) is 0 Å². The Labute approximate surface area is 144 Å². The van der Waals surface area contributed by atoms with Gasteiger partial charge in [-0.2, -0.15) is 0 Å². The molecular weight excluding hydrogens is 321 g/mol. The zero-order chi connectivity index (χ0) is 14.1. The van der Waals surface area contributed by atoms with Crippen molar-refractivity contribution in [3.05, 3.63) is 24.3 Å². The Kier molecular flexibility index (Phi) is 6.98. The van der Waals surface area contributed by atoms with Gasteiger partial charge in [-0.15, -0.1) is 24.8 Å². The number of nitrogens with zero attached hydrogens (tertiary/aromatic N) is 2. The van der Waals surface area contributed by atoms with Crippen LogP contribution in [0, 0.1) is 5.92 Å². The third-order valence-electron chi connectivity index (χ3n) is 4.55. The molecule has 2 atom stereocenters. The van der Waals surface area contributed by atoms with Crippen molar-refractivity contribution in [2.24, 2.45) is 11.7 Å². The van der Waals surface area contributed by atoms with E-state index in [-0.39, 0.29) is 42.7 Å². The number of halogens is 2. The lowest BCUT2D eigenvalue weighted by Gasteiger charge is -2.26. The molecule has 1 aliphatic heterocycles. The minimum atomic E-state index is 0. The van der Waals surface area contributed by atoms with E-state index in [9.17, 15) is 4.79 Å². The van der Waals surface area contributed by atoms with Crippen molar-refractivity contribution in [3.8, 4) is 0 Å². The Morgan fingerprint density at radius 2 is 1.82 bits per heavy atom. The van der Waals surface area contributed by atoms with Crippen LogP contribution in [-0.2, 0) is 4.79 Å². The maximum Gasteiger partial charge on any atom is 0.230 e. The molecule has 124 valence electrons. The fourth-order valence-electron chi connectivity index (χ4n) is 3.41. The van der Waals surface area contributed by atoms with Crippen molar-refractivity contribution < 1.29 is 4.79 Å². The van der Waals surface area contributed by atoms with E-state index in [2.05, 4.69) is 24.1 Å². The van der Waals surface area contributed by atoms with Crippen LogP contribution in [0.4, 0.5) is 11.4 Å². The van der Waals surface area contributed by atoms with Crippen molar-refractivity contribution in [2.45, 2.75) is 31.7 Å². The number of carbonyl (C=O) groups excluding carboxylic acids is 1. The Balaban J connectivity index is 0.00000121. The van der Waals surface area contributed by atoms with Gasteiger partial charge in [0.25, 0.3) is 0 Å². The molecule has 1 amide bonds. The van der Waals surface area contributed by atoms with Gasteiger partial charge in [-0.1, -0.05) is 12.1 Å². The summed E-state index contributed by atoms with van der Waals surface area (Å²) < 4.78 is 0. The smallest absolute Gasteiger partial charge is 0.230 e. The zero-order valence-electron chi connectivity index (χ0n) is 12.9. The lowest BCUT2D eigenvalue weighted by molar-refractivity contribution is -0.122. The normalized spacial score (nSPS) is 23.9. The lowest BCUT2D eigenvalue weighted by Crippen LogP contribution is -2.36. The SMILES string of the molecule is CN1CCCN(C(=O)C2CCC(N)C2)c2ccccc21.Cl.Cl. The molecular formula is C16H25Cl2N3O. The van der Waals surface area contributed by atoms with Gasteiger partial charge in [0, 0.05) is 32.1 Å². The van der Waals surface area contributed by atoms with Gasteiger partial charge >= 0.3 is 0 Å². The van der Waals surface area contributed by atoms with Crippen molar-refractivity contribution in [2.75, 3.05) is 29.9 Å². The molecule has 0 radical (unpaired) electrons. The average Bonchev–Trinajstić information content (AvgIpc) is 2.82. The van der Waals surface area contributed by atoms with Crippen LogP contribution in [0.1, 0.15) is 25.7 Å². The molecule has 0 spiro atoms. The Hall–Kier alpha value is -0.970. The van der Waals surface area contributed by atoms with Gasteiger partial charge in [-0.05, 0) is 37.8 Å². The molecule has 6 heteroatoms. The number of carbonyl (C=O) groups is 1. The number of anilines is 2. The first-order valence-electron chi connectivity index (χ1n) is 7.54. The predicted molar refractivity (Wildman–Crippen MR) is 96.5 cm³/mol. The molecule has 1 fully saturated rings. The Morgan fingerprint density at radius 3 is 2.45 bits per heavy atom. The second-order valence-corrected chi connectivity index (χ2v) is 6.02. The number of para-hydroxylation sites is 2. The summed E-state index contributed by atoms with van der Waals surface area (Å²) in [6, 6.07) is 8.41. The molecule has 1 aliphatic carbocycles. The number of hydrogen-bond acceptors (Lipinski definition) is 3. The lowest BCUT2D eigenvalue weighted by atomic mass is 10.1. The van der Waals surface area contributed by atoms with E-state index in [1.54, 1.807) is 0 Å². The number of nitrogens with two attached hydrogens (primary N) is 1. The number of amides is 1. The summed E-state index contributed by atoms with van der Waals surface area (Å²) >= 11 is 0. The van der Waals surface area contributed by atoms with E-state index in [4.69, 9.17) is 5.73 Å². The van der Waals surface area contributed by atoms with Gasteiger partial charge in [-0.25, -0.2) is 0 Å². The molecule has 1 heterocycles. The largest absolute Gasteiger partial charge is 0.373 e. The summed E-state index contributed by atoms with van der Waals surface area (Å²) in [7, 11) is 2.10. The topological polar surface area (TPSA) is 49.6 Å². The third kappa shape index (κ3) is 3.67. The minimum absolute atomic E-state index is 0. The second-order valence-electron chi connectivity index (χ2n) is 6.02. The van der Waals surface area contributed by atoms with Crippen LogP contribution < -0.4 is 15.5 Å². The van der Waals surface area contributed by atoms with Crippen LogP contribution in [0.3, 0.4) is 0 Å². The highest BCUT2D eigenvalue weighted by Crippen LogP contribution is 2.34. The highest BCUT2D eigenvalue weighted by molar-refractivity contribution is 5.98. The van der Waals surface area contributed by atoms with Gasteiger partial charge in [0.05, 0.1) is 11.4 Å². The van der Waals surface area contributed by atoms with Crippen LogP contribution in [0.15, 0.2) is 24.3 Å². The van der Waals surface area contributed by atoms with Crippen molar-refractivity contribution in [1.82, 2.24) is 0 Å². The highest BCUT2D eigenvalue weighted by Gasteiger charge is 2.33. The molecule has 4 nitrogen and oxygen atoms in total. The van der Waals surface area contributed by atoms with Crippen LogP contribution in [-0.4, -0.2) is 32.1 Å². The van der Waals surface area contributed by atoms with Crippen molar-refractivity contribution >= 4 is 42.1 Å². The fraction of sp³-hybridized carbons (Fsp3) is 0.562. The van der Waals surface area contributed by atoms with Gasteiger partial charge in [-0.3, -0.25) is 4.79 Å². The predicted octanol–water partition coefficient (Wildman–Crippen LogP) is 2.83. The molecule has 2 N–H and O–H groups in total. The maximum absolute atomic E-state index is 12.8. The van der Waals surface area contributed by atoms with Crippen molar-refractivity contribution in [3.63, 3.8) is 0 Å². The van der Waals surface area contributed by atoms with Gasteiger partial charge in [0.15, 0.2) is 0 Å². The number of fused-ring (bicyclic) bond motifs is 1. The Morgan fingerprint density at radius 1 is 1.14 bits per heavy atom. The first kappa shape index (κ1) is 19.1. The summed E-state index contributed by atoms with van der Waals surface area (Å²) in [4.78, 5) is 17.0. The summed E-state index contributed by atoms with van der Waals surface area (Å²) in [5, 5.41) is 0. The quantitative estimate of drug-likeness (QED) is 0.851. The van der Waals surface area contributed by atoms with Crippen LogP contribution in [0.2, 0.25) is 0 Å². The van der Waals surface area contributed by atoms with Gasteiger partial charge in [0.1, 0.15) is 0 Å². The molecule has 2 aliphatic rings.